The second kappa shape index (κ2) is 39.3. The van der Waals surface area contributed by atoms with Gasteiger partial charge in [0, 0.05) is 38.4 Å². The van der Waals surface area contributed by atoms with Crippen molar-refractivity contribution < 1.29 is 88.9 Å². The number of anilines is 3. The number of carbonyl (C=O) groups is 6. The SMILES string of the molecule is CO[C@@H](C(=O)NC1CCc2cc(-c3ccccc3)ccc2NC1=O)[C@H](O)[C@@H](O)[C@H](O)/C=C/C(C)(C)C.CO[C@@H](C(=O)N[C@@H]1CCc2cc(-c3ccccc3)ccc2NC1=O)[C@H](O)[C@@H](O)[C@H](O)/C=C/C(C)(C)C.CO[C@@H](C(=O)N[C@H]1CCc2cc(-c3ccccc3)ccc2NC1=O)[C@H](O)[C@@H](O)[C@H](O)/C=C/C(C)(C)C. The number of allylic oxidation sites excluding steroid dienone is 3. The van der Waals surface area contributed by atoms with Crippen LogP contribution < -0.4 is 31.9 Å². The molecule has 3 aliphatic rings. The van der Waals surface area contributed by atoms with E-state index >= 15 is 0 Å². The van der Waals surface area contributed by atoms with E-state index in [1.807, 2.05) is 208 Å². The van der Waals surface area contributed by atoms with Crippen molar-refractivity contribution in [3.8, 4) is 33.4 Å². The average Bonchev–Trinajstić information content (AvgIpc) is 1.59. The van der Waals surface area contributed by atoms with Gasteiger partial charge in [-0.15, -0.1) is 0 Å². The standard InChI is InChI=1S/3C28H36N2O6/c3*1-28(2,3)15-14-22(31)23(32)24(33)25(36-4)27(35)30-21-13-11-19-16-18(17-8-6-5-7-9-17)10-12-20(19)29-26(21)34/h3*5-10,12,14-16,21-25,31-33H,11,13H2,1-4H3,(H,29,34)(H,30,35)/b3*15-14+/t21?,22-,23+,24-,25-;21-,22+,23-,24+,25+;21-,22-,23+,24-,25-/m101/s1. The molecule has 582 valence electrons. The maximum Gasteiger partial charge on any atom is 0.252 e. The summed E-state index contributed by atoms with van der Waals surface area (Å²) in [5.74, 6) is -3.42. The molecule has 0 fully saturated rings. The molecule has 24 heteroatoms. The number of aryl methyl sites for hydroxylation is 3. The van der Waals surface area contributed by atoms with Crippen LogP contribution in [0.5, 0.6) is 0 Å². The van der Waals surface area contributed by atoms with Crippen LogP contribution in [0.4, 0.5) is 17.1 Å². The van der Waals surface area contributed by atoms with Crippen molar-refractivity contribution in [2.24, 2.45) is 16.2 Å². The Kier molecular flexibility index (Phi) is 31.3. The lowest BCUT2D eigenvalue weighted by Crippen LogP contribution is -2.55. The first-order valence-corrected chi connectivity index (χ1v) is 36.2. The van der Waals surface area contributed by atoms with Gasteiger partial charge in [-0.1, -0.05) is 208 Å². The van der Waals surface area contributed by atoms with E-state index < -0.39 is 109 Å². The second-order valence-electron chi connectivity index (χ2n) is 30.5. The minimum absolute atomic E-state index is 0.240. The first-order chi connectivity index (χ1) is 51.0. The van der Waals surface area contributed by atoms with E-state index in [0.717, 1.165) is 50.1 Å². The van der Waals surface area contributed by atoms with Crippen molar-refractivity contribution in [1.82, 2.24) is 16.0 Å². The van der Waals surface area contributed by atoms with Gasteiger partial charge in [0.1, 0.15) is 73.1 Å². The number of amides is 6. The fourth-order valence-electron chi connectivity index (χ4n) is 12.2. The van der Waals surface area contributed by atoms with Crippen molar-refractivity contribution in [2.45, 2.75) is 192 Å². The minimum atomic E-state index is -1.71. The number of nitrogens with one attached hydrogen (secondary N) is 6. The molecule has 15 atom stereocenters. The number of hydrogen-bond acceptors (Lipinski definition) is 18. The van der Waals surface area contributed by atoms with Crippen LogP contribution in [0.3, 0.4) is 0 Å². The molecule has 1 unspecified atom stereocenters. The summed E-state index contributed by atoms with van der Waals surface area (Å²) in [6.45, 7) is 17.3. The summed E-state index contributed by atoms with van der Waals surface area (Å²) >= 11 is 0. The Labute approximate surface area is 632 Å². The number of aliphatic hydroxyl groups is 9. The van der Waals surface area contributed by atoms with Gasteiger partial charge in [-0.2, -0.15) is 0 Å². The van der Waals surface area contributed by atoms with E-state index in [0.29, 0.717) is 55.6 Å². The molecule has 6 amide bonds. The molecule has 0 saturated heterocycles. The average molecular weight is 1490 g/mol. The predicted molar refractivity (Wildman–Crippen MR) is 415 cm³/mol. The van der Waals surface area contributed by atoms with Crippen LogP contribution in [0.25, 0.3) is 33.4 Å². The van der Waals surface area contributed by atoms with Gasteiger partial charge in [0.15, 0.2) is 18.3 Å². The lowest BCUT2D eigenvalue weighted by atomic mass is 9.94. The molecule has 0 spiro atoms. The molecule has 0 aliphatic carbocycles. The Hall–Kier alpha value is -9.12. The van der Waals surface area contributed by atoms with E-state index in [-0.39, 0.29) is 34.0 Å². The molecule has 3 aliphatic heterocycles. The molecule has 9 rings (SSSR count). The summed E-state index contributed by atoms with van der Waals surface area (Å²) < 4.78 is 15.4. The van der Waals surface area contributed by atoms with Crippen molar-refractivity contribution >= 4 is 52.5 Å². The largest absolute Gasteiger partial charge is 0.387 e. The van der Waals surface area contributed by atoms with Crippen LogP contribution in [0, 0.1) is 16.2 Å². The molecular formula is C84H108N6O18. The van der Waals surface area contributed by atoms with Crippen molar-refractivity contribution in [1.29, 1.82) is 0 Å². The molecule has 15 N–H and O–H groups in total. The summed E-state index contributed by atoms with van der Waals surface area (Å²) in [4.78, 5) is 77.3. The topological polar surface area (TPSA) is 384 Å². The van der Waals surface area contributed by atoms with Crippen LogP contribution in [0.15, 0.2) is 182 Å². The lowest BCUT2D eigenvalue weighted by molar-refractivity contribution is -0.150. The normalized spacial score (nSPS) is 19.5. The van der Waals surface area contributed by atoms with Gasteiger partial charge in [-0.3, -0.25) is 28.8 Å². The molecule has 0 radical (unpaired) electrons. The number of benzene rings is 6. The summed E-state index contributed by atoms with van der Waals surface area (Å²) in [7, 11) is 3.64. The Morgan fingerprint density at radius 1 is 0.361 bits per heavy atom. The first-order valence-electron chi connectivity index (χ1n) is 36.2. The molecule has 0 saturated carbocycles. The van der Waals surface area contributed by atoms with Crippen LogP contribution in [0.1, 0.15) is 98.3 Å². The van der Waals surface area contributed by atoms with Crippen LogP contribution >= 0.6 is 0 Å². The maximum absolute atomic E-state index is 12.9. The van der Waals surface area contributed by atoms with Crippen LogP contribution in [0.2, 0.25) is 0 Å². The highest BCUT2D eigenvalue weighted by Gasteiger charge is 2.41. The molecule has 0 bridgehead atoms. The predicted octanol–water partition coefficient (Wildman–Crippen LogP) is 7.27. The fourth-order valence-corrected chi connectivity index (χ4v) is 12.2. The van der Waals surface area contributed by atoms with Gasteiger partial charge in [0.2, 0.25) is 17.7 Å². The molecule has 24 nitrogen and oxygen atoms in total. The number of ether oxygens (including phenoxy) is 3. The summed E-state index contributed by atoms with van der Waals surface area (Å²) in [5.41, 5.74) is 10.5. The van der Waals surface area contributed by atoms with E-state index in [1.165, 1.54) is 39.6 Å². The quantitative estimate of drug-likeness (QED) is 0.0265. The molecular weight excluding hydrogens is 1380 g/mol. The third kappa shape index (κ3) is 25.0. The summed E-state index contributed by atoms with van der Waals surface area (Å²) in [6, 6.07) is 44.6. The van der Waals surface area contributed by atoms with Gasteiger partial charge < -0.3 is 92.1 Å². The highest BCUT2D eigenvalue weighted by Crippen LogP contribution is 2.33. The monoisotopic (exact) mass is 1490 g/mol. The van der Waals surface area contributed by atoms with E-state index in [9.17, 15) is 74.7 Å². The highest BCUT2D eigenvalue weighted by molar-refractivity contribution is 6.01. The third-order valence-electron chi connectivity index (χ3n) is 18.4. The number of aliphatic hydroxyl groups excluding tert-OH is 9. The zero-order valence-electron chi connectivity index (χ0n) is 63.4. The zero-order chi connectivity index (χ0) is 79.4. The number of carbonyl (C=O) groups excluding carboxylic acids is 6. The Bertz CT molecular complexity index is 3650. The highest BCUT2D eigenvalue weighted by atomic mass is 16.5. The maximum atomic E-state index is 12.9. The van der Waals surface area contributed by atoms with E-state index in [1.54, 1.807) is 18.2 Å². The molecule has 3 heterocycles. The first kappa shape index (κ1) is 86.1. The molecule has 108 heavy (non-hydrogen) atoms. The van der Waals surface area contributed by atoms with Gasteiger partial charge in [0.25, 0.3) is 17.7 Å². The van der Waals surface area contributed by atoms with Gasteiger partial charge in [0.05, 0.1) is 0 Å². The lowest BCUT2D eigenvalue weighted by Gasteiger charge is -2.28. The van der Waals surface area contributed by atoms with Crippen molar-refractivity contribution in [3.63, 3.8) is 0 Å². The number of rotatable bonds is 24. The van der Waals surface area contributed by atoms with Crippen LogP contribution in [-0.2, 0) is 62.2 Å². The Balaban J connectivity index is 0.000000226. The van der Waals surface area contributed by atoms with Crippen LogP contribution in [-0.4, -0.2) is 194 Å². The Morgan fingerprint density at radius 3 is 0.806 bits per heavy atom. The number of methoxy groups -OCH3 is 3. The Morgan fingerprint density at radius 2 is 0.593 bits per heavy atom. The van der Waals surface area contributed by atoms with Gasteiger partial charge >= 0.3 is 0 Å². The molecule has 6 aromatic carbocycles. The van der Waals surface area contributed by atoms with E-state index in [2.05, 4.69) is 31.9 Å². The van der Waals surface area contributed by atoms with Gasteiger partial charge in [-0.05, 0) is 141 Å². The van der Waals surface area contributed by atoms with Gasteiger partial charge in [-0.25, -0.2) is 0 Å². The zero-order valence-corrected chi connectivity index (χ0v) is 63.4. The van der Waals surface area contributed by atoms with Crippen molar-refractivity contribution in [2.75, 3.05) is 37.3 Å². The summed E-state index contributed by atoms with van der Waals surface area (Å²) in [5, 5.41) is 110. The minimum Gasteiger partial charge on any atom is -0.387 e. The summed E-state index contributed by atoms with van der Waals surface area (Å²) in [6.07, 6.45) is -6.93. The fraction of sp³-hybridized carbons (Fsp3) is 0.429. The number of fused-ring (bicyclic) bond motifs is 3. The molecule has 0 aromatic heterocycles. The smallest absolute Gasteiger partial charge is 0.252 e. The van der Waals surface area contributed by atoms with Crippen molar-refractivity contribution in [3.05, 3.63) is 199 Å². The van der Waals surface area contributed by atoms with E-state index in [4.69, 9.17) is 14.2 Å². The third-order valence-corrected chi connectivity index (χ3v) is 18.4. The number of hydrogen-bond donors (Lipinski definition) is 15. The second-order valence-corrected chi connectivity index (χ2v) is 30.5. The molecule has 6 aromatic rings.